The van der Waals surface area contributed by atoms with Gasteiger partial charge < -0.3 is 5.32 Å². The van der Waals surface area contributed by atoms with E-state index in [9.17, 15) is 0 Å². The van der Waals surface area contributed by atoms with Crippen LogP contribution in [0.15, 0.2) is 30.5 Å². The molecule has 0 unspecified atom stereocenters. The van der Waals surface area contributed by atoms with Crippen LogP contribution in [-0.4, -0.2) is 20.6 Å². The van der Waals surface area contributed by atoms with Crippen LogP contribution in [0.2, 0.25) is 0 Å². The van der Waals surface area contributed by atoms with E-state index < -0.39 is 0 Å². The number of anilines is 1. The van der Waals surface area contributed by atoms with E-state index in [4.69, 9.17) is 5.26 Å². The Kier molecular flexibility index (Phi) is 3.80. The second-order valence-electron chi connectivity index (χ2n) is 5.38. The zero-order valence-corrected chi connectivity index (χ0v) is 11.7. The van der Waals surface area contributed by atoms with Gasteiger partial charge in [0, 0.05) is 11.9 Å². The molecule has 0 aliphatic heterocycles. The SMILES string of the molecule is CC(C)(C)c1ccc(NC=C(C#N)c2nn[nH]n2)cc1. The lowest BCUT2D eigenvalue weighted by atomic mass is 9.87. The number of nitriles is 1. The van der Waals surface area contributed by atoms with Crippen molar-refractivity contribution in [2.24, 2.45) is 0 Å². The van der Waals surface area contributed by atoms with Gasteiger partial charge in [-0.3, -0.25) is 0 Å². The second kappa shape index (κ2) is 5.53. The van der Waals surface area contributed by atoms with E-state index in [1.165, 1.54) is 5.56 Å². The third-order valence-electron chi connectivity index (χ3n) is 2.84. The lowest BCUT2D eigenvalue weighted by Crippen LogP contribution is -2.10. The lowest BCUT2D eigenvalue weighted by molar-refractivity contribution is 0.590. The highest BCUT2D eigenvalue weighted by Gasteiger charge is 2.12. The fourth-order valence-electron chi connectivity index (χ4n) is 1.64. The first kappa shape index (κ1) is 13.7. The predicted octanol–water partition coefficient (Wildman–Crippen LogP) is 2.47. The van der Waals surface area contributed by atoms with Crippen molar-refractivity contribution in [1.29, 1.82) is 5.26 Å². The molecule has 0 atom stereocenters. The maximum absolute atomic E-state index is 9.05. The van der Waals surface area contributed by atoms with Crippen molar-refractivity contribution in [2.45, 2.75) is 26.2 Å². The molecule has 0 fully saturated rings. The Hall–Kier alpha value is -2.68. The van der Waals surface area contributed by atoms with Crippen LogP contribution in [0, 0.1) is 11.3 Å². The van der Waals surface area contributed by atoms with Crippen LogP contribution in [0.4, 0.5) is 5.69 Å². The van der Waals surface area contributed by atoms with E-state index in [0.29, 0.717) is 5.57 Å². The van der Waals surface area contributed by atoms with Gasteiger partial charge in [-0.15, -0.1) is 10.2 Å². The Morgan fingerprint density at radius 3 is 2.50 bits per heavy atom. The molecular formula is C14H16N6. The summed E-state index contributed by atoms with van der Waals surface area (Å²) in [6.45, 7) is 6.50. The molecule has 6 nitrogen and oxygen atoms in total. The number of nitrogens with zero attached hydrogens (tertiary/aromatic N) is 4. The molecule has 2 aromatic rings. The third-order valence-corrected chi connectivity index (χ3v) is 2.84. The normalized spacial score (nSPS) is 12.0. The van der Waals surface area contributed by atoms with E-state index >= 15 is 0 Å². The minimum atomic E-state index is 0.122. The highest BCUT2D eigenvalue weighted by Crippen LogP contribution is 2.23. The van der Waals surface area contributed by atoms with Crippen molar-refractivity contribution in [3.8, 4) is 6.07 Å². The summed E-state index contributed by atoms with van der Waals surface area (Å²) >= 11 is 0. The number of benzene rings is 1. The van der Waals surface area contributed by atoms with Crippen molar-refractivity contribution in [3.63, 3.8) is 0 Å². The number of aromatic nitrogens is 4. The first-order valence-corrected chi connectivity index (χ1v) is 6.22. The summed E-state index contributed by atoms with van der Waals surface area (Å²) in [5.41, 5.74) is 2.59. The van der Waals surface area contributed by atoms with Crippen LogP contribution in [0.3, 0.4) is 0 Å². The fraction of sp³-hybridized carbons (Fsp3) is 0.286. The molecule has 20 heavy (non-hydrogen) atoms. The van der Waals surface area contributed by atoms with Gasteiger partial charge in [0.2, 0.25) is 5.82 Å². The molecule has 0 amide bonds. The molecule has 0 saturated carbocycles. The first-order chi connectivity index (χ1) is 9.50. The molecule has 1 aromatic carbocycles. The topological polar surface area (TPSA) is 90.3 Å². The standard InChI is InChI=1S/C14H16N6/c1-14(2,3)11-4-6-12(7-5-11)16-9-10(8-15)13-17-19-20-18-13/h4-7,9,16H,1-3H3,(H,17,18,19,20). The van der Waals surface area contributed by atoms with Gasteiger partial charge in [0.15, 0.2) is 0 Å². The van der Waals surface area contributed by atoms with Crippen molar-refractivity contribution in [2.75, 3.05) is 5.32 Å². The minimum Gasteiger partial charge on any atom is -0.360 e. The van der Waals surface area contributed by atoms with Gasteiger partial charge in [0.1, 0.15) is 11.6 Å². The molecule has 1 heterocycles. The summed E-state index contributed by atoms with van der Waals surface area (Å²) in [5, 5.41) is 25.4. The Labute approximate surface area is 117 Å². The fourth-order valence-corrected chi connectivity index (χ4v) is 1.64. The minimum absolute atomic E-state index is 0.122. The molecule has 0 aliphatic carbocycles. The van der Waals surface area contributed by atoms with E-state index in [1.807, 2.05) is 18.2 Å². The number of tetrazole rings is 1. The molecule has 0 radical (unpaired) electrons. The van der Waals surface area contributed by atoms with Gasteiger partial charge in [-0.25, -0.2) is 0 Å². The van der Waals surface area contributed by atoms with Crippen LogP contribution in [0.1, 0.15) is 32.2 Å². The molecule has 6 heteroatoms. The molecule has 102 valence electrons. The Morgan fingerprint density at radius 2 is 2.00 bits per heavy atom. The first-order valence-electron chi connectivity index (χ1n) is 6.22. The zero-order valence-electron chi connectivity index (χ0n) is 11.7. The number of hydrogen-bond donors (Lipinski definition) is 2. The Balaban J connectivity index is 2.13. The van der Waals surface area contributed by atoms with Crippen LogP contribution >= 0.6 is 0 Å². The predicted molar refractivity (Wildman–Crippen MR) is 76.5 cm³/mol. The van der Waals surface area contributed by atoms with Crippen molar-refractivity contribution in [3.05, 3.63) is 41.9 Å². The molecule has 0 saturated heterocycles. The van der Waals surface area contributed by atoms with Crippen molar-refractivity contribution < 1.29 is 0 Å². The van der Waals surface area contributed by atoms with Gasteiger partial charge in [-0.1, -0.05) is 32.9 Å². The largest absolute Gasteiger partial charge is 0.360 e. The number of allylic oxidation sites excluding steroid dienone is 1. The van der Waals surface area contributed by atoms with Gasteiger partial charge in [0.25, 0.3) is 0 Å². The number of nitrogens with one attached hydrogen (secondary N) is 2. The van der Waals surface area contributed by atoms with E-state index in [2.05, 4.69) is 58.8 Å². The van der Waals surface area contributed by atoms with Crippen LogP contribution in [0.25, 0.3) is 5.57 Å². The Bertz CT molecular complexity index is 626. The van der Waals surface area contributed by atoms with E-state index in [1.54, 1.807) is 6.20 Å². The van der Waals surface area contributed by atoms with Gasteiger partial charge >= 0.3 is 0 Å². The van der Waals surface area contributed by atoms with Crippen LogP contribution in [0.5, 0.6) is 0 Å². The average molecular weight is 268 g/mol. The van der Waals surface area contributed by atoms with Crippen molar-refractivity contribution in [1.82, 2.24) is 20.6 Å². The second-order valence-corrected chi connectivity index (χ2v) is 5.38. The molecule has 0 spiro atoms. The molecule has 0 aliphatic rings. The van der Waals surface area contributed by atoms with Gasteiger partial charge in [0.05, 0.1) is 0 Å². The molecular weight excluding hydrogens is 252 g/mol. The van der Waals surface area contributed by atoms with Crippen LogP contribution < -0.4 is 5.32 Å². The number of hydrogen-bond acceptors (Lipinski definition) is 5. The third kappa shape index (κ3) is 3.20. The quantitative estimate of drug-likeness (QED) is 0.834. The smallest absolute Gasteiger partial charge is 0.216 e. The maximum atomic E-state index is 9.05. The summed E-state index contributed by atoms with van der Waals surface area (Å²) in [6.07, 6.45) is 1.57. The highest BCUT2D eigenvalue weighted by molar-refractivity contribution is 5.73. The molecule has 2 N–H and O–H groups in total. The Morgan fingerprint density at radius 1 is 1.30 bits per heavy atom. The lowest BCUT2D eigenvalue weighted by Gasteiger charge is -2.19. The maximum Gasteiger partial charge on any atom is 0.216 e. The van der Waals surface area contributed by atoms with Gasteiger partial charge in [-0.05, 0) is 28.3 Å². The summed E-state index contributed by atoms with van der Waals surface area (Å²) in [7, 11) is 0. The van der Waals surface area contributed by atoms with E-state index in [-0.39, 0.29) is 11.2 Å². The van der Waals surface area contributed by atoms with Gasteiger partial charge in [-0.2, -0.15) is 10.5 Å². The highest BCUT2D eigenvalue weighted by atomic mass is 15.5. The van der Waals surface area contributed by atoms with E-state index in [0.717, 1.165) is 5.69 Å². The van der Waals surface area contributed by atoms with Crippen molar-refractivity contribution >= 4 is 11.3 Å². The number of aromatic amines is 1. The summed E-state index contributed by atoms with van der Waals surface area (Å²) < 4.78 is 0. The number of rotatable bonds is 3. The number of H-pyrrole nitrogens is 1. The molecule has 0 bridgehead atoms. The monoisotopic (exact) mass is 268 g/mol. The average Bonchev–Trinajstić information content (AvgIpc) is 2.93. The van der Waals surface area contributed by atoms with Crippen LogP contribution in [-0.2, 0) is 5.41 Å². The molecule has 1 aromatic heterocycles. The summed E-state index contributed by atoms with van der Waals surface area (Å²) in [6, 6.07) is 10.1. The molecule has 2 rings (SSSR count). The zero-order chi connectivity index (χ0) is 14.6. The summed E-state index contributed by atoms with van der Waals surface area (Å²) in [4.78, 5) is 0. The summed E-state index contributed by atoms with van der Waals surface area (Å²) in [5.74, 6) is 0.270.